The Bertz CT molecular complexity index is 1520. The first kappa shape index (κ1) is 28.5. The number of carbonyl (C=O) groups is 1. The van der Waals surface area contributed by atoms with Crippen LogP contribution in [-0.4, -0.2) is 36.8 Å². The average molecular weight is 564 g/mol. The van der Waals surface area contributed by atoms with E-state index in [1.807, 2.05) is 31.2 Å². The first-order valence-electron chi connectivity index (χ1n) is 12.4. The van der Waals surface area contributed by atoms with E-state index in [2.05, 4.69) is 10.3 Å². The number of hydrogen-bond donors (Lipinski definition) is 1. The highest BCUT2D eigenvalue weighted by molar-refractivity contribution is 8.18. The number of aryl methyl sites for hydroxylation is 1. The minimum Gasteiger partial charge on any atom is -0.497 e. The third-order valence-corrected chi connectivity index (χ3v) is 7.05. The Morgan fingerprint density at radius 1 is 1.00 bits per heavy atom. The molecule has 0 atom stereocenters. The SMILES string of the molecule is CCOc1cc(/C=C2\SC(=Nc3cc(C)c(C)c([N+](=O)[O-])c3)NC2=O)ccc1OCc1cc(OC)ccc1OC. The van der Waals surface area contributed by atoms with Crippen molar-refractivity contribution in [3.8, 4) is 23.0 Å². The third-order valence-electron chi connectivity index (χ3n) is 6.14. The second-order valence-corrected chi connectivity index (χ2v) is 9.78. The molecule has 1 aliphatic rings. The van der Waals surface area contributed by atoms with Gasteiger partial charge in [0.1, 0.15) is 18.1 Å². The predicted octanol–water partition coefficient (Wildman–Crippen LogP) is 6.10. The molecule has 208 valence electrons. The summed E-state index contributed by atoms with van der Waals surface area (Å²) in [6.45, 7) is 6.01. The van der Waals surface area contributed by atoms with E-state index in [0.717, 1.165) is 28.5 Å². The molecular weight excluding hydrogens is 534 g/mol. The van der Waals surface area contributed by atoms with Gasteiger partial charge in [-0.15, -0.1) is 0 Å². The molecule has 1 aliphatic heterocycles. The van der Waals surface area contributed by atoms with Crippen LogP contribution in [0.1, 0.15) is 29.2 Å². The standard InChI is InChI=1S/C29H29N3O7S/c1-6-38-26-12-19(7-9-25(26)39-16-20-14-22(36-4)8-10-24(20)37-5)13-27-28(33)31-29(40-27)30-21-11-17(2)18(3)23(15-21)32(34)35/h7-15H,6,16H2,1-5H3,(H,30,31,33)/b27-13-. The normalized spacial score (nSPS) is 14.8. The van der Waals surface area contributed by atoms with Gasteiger partial charge in [0.05, 0.1) is 36.3 Å². The Kier molecular flexibility index (Phi) is 8.95. The van der Waals surface area contributed by atoms with Gasteiger partial charge in [0.2, 0.25) is 0 Å². The minimum absolute atomic E-state index is 0.0138. The smallest absolute Gasteiger partial charge is 0.274 e. The molecule has 0 saturated carbocycles. The van der Waals surface area contributed by atoms with E-state index >= 15 is 0 Å². The number of carbonyl (C=O) groups excluding carboxylic acids is 1. The van der Waals surface area contributed by atoms with Crippen molar-refractivity contribution in [1.29, 1.82) is 0 Å². The fraction of sp³-hybridized carbons (Fsp3) is 0.241. The van der Waals surface area contributed by atoms with Gasteiger partial charge >= 0.3 is 0 Å². The molecule has 40 heavy (non-hydrogen) atoms. The van der Waals surface area contributed by atoms with Crippen LogP contribution in [0.2, 0.25) is 0 Å². The van der Waals surface area contributed by atoms with Crippen molar-refractivity contribution in [1.82, 2.24) is 5.32 Å². The number of aliphatic imine (C=N–C) groups is 1. The molecule has 1 saturated heterocycles. The van der Waals surface area contributed by atoms with Crippen LogP contribution in [0.3, 0.4) is 0 Å². The fourth-order valence-corrected chi connectivity index (χ4v) is 4.82. The van der Waals surface area contributed by atoms with Gasteiger partial charge in [0, 0.05) is 17.2 Å². The largest absolute Gasteiger partial charge is 0.497 e. The summed E-state index contributed by atoms with van der Waals surface area (Å²) in [5, 5.41) is 14.4. The first-order chi connectivity index (χ1) is 19.2. The average Bonchev–Trinajstić information content (AvgIpc) is 3.27. The van der Waals surface area contributed by atoms with Gasteiger partial charge in [0.25, 0.3) is 11.6 Å². The lowest BCUT2D eigenvalue weighted by atomic mass is 10.1. The van der Waals surface area contributed by atoms with Gasteiger partial charge in [-0.2, -0.15) is 0 Å². The molecule has 0 aromatic heterocycles. The van der Waals surface area contributed by atoms with E-state index in [9.17, 15) is 14.9 Å². The maximum absolute atomic E-state index is 12.7. The number of methoxy groups -OCH3 is 2. The lowest BCUT2D eigenvalue weighted by molar-refractivity contribution is -0.385. The lowest BCUT2D eigenvalue weighted by Gasteiger charge is -2.15. The quantitative estimate of drug-likeness (QED) is 0.178. The van der Waals surface area contributed by atoms with E-state index < -0.39 is 4.92 Å². The van der Waals surface area contributed by atoms with Crippen molar-refractivity contribution in [3.05, 3.63) is 85.8 Å². The van der Waals surface area contributed by atoms with Crippen LogP contribution < -0.4 is 24.3 Å². The Morgan fingerprint density at radius 3 is 2.48 bits per heavy atom. The Hall–Kier alpha value is -4.51. The van der Waals surface area contributed by atoms with Gasteiger partial charge < -0.3 is 24.3 Å². The van der Waals surface area contributed by atoms with E-state index in [0.29, 0.717) is 50.9 Å². The second-order valence-electron chi connectivity index (χ2n) is 8.75. The number of nitrogens with one attached hydrogen (secondary N) is 1. The van der Waals surface area contributed by atoms with Crippen LogP contribution in [0, 0.1) is 24.0 Å². The molecule has 11 heteroatoms. The van der Waals surface area contributed by atoms with Crippen LogP contribution >= 0.6 is 11.8 Å². The number of rotatable bonds is 10. The summed E-state index contributed by atoms with van der Waals surface area (Å²) in [5.74, 6) is 2.12. The topological polar surface area (TPSA) is 122 Å². The number of benzene rings is 3. The molecule has 3 aromatic carbocycles. The van der Waals surface area contributed by atoms with Gasteiger partial charge in [0.15, 0.2) is 16.7 Å². The van der Waals surface area contributed by atoms with Crippen molar-refractivity contribution in [3.63, 3.8) is 0 Å². The molecule has 0 bridgehead atoms. The molecule has 10 nitrogen and oxygen atoms in total. The summed E-state index contributed by atoms with van der Waals surface area (Å²) in [7, 11) is 3.19. The molecule has 1 heterocycles. The monoisotopic (exact) mass is 563 g/mol. The van der Waals surface area contributed by atoms with Gasteiger partial charge in [-0.1, -0.05) is 6.07 Å². The Labute approximate surface area is 236 Å². The van der Waals surface area contributed by atoms with Crippen molar-refractivity contribution in [2.45, 2.75) is 27.4 Å². The summed E-state index contributed by atoms with van der Waals surface area (Å²) >= 11 is 1.15. The van der Waals surface area contributed by atoms with Crippen molar-refractivity contribution in [2.24, 2.45) is 4.99 Å². The molecule has 0 radical (unpaired) electrons. The maximum Gasteiger partial charge on any atom is 0.274 e. The van der Waals surface area contributed by atoms with Crippen molar-refractivity contribution < 1.29 is 28.7 Å². The van der Waals surface area contributed by atoms with Crippen molar-refractivity contribution >= 4 is 40.3 Å². The number of nitrogens with zero attached hydrogens (tertiary/aromatic N) is 2. The summed E-state index contributed by atoms with van der Waals surface area (Å²) in [5.41, 5.74) is 3.25. The number of nitro benzene ring substituents is 1. The maximum atomic E-state index is 12.7. The molecule has 0 aliphatic carbocycles. The molecule has 1 N–H and O–H groups in total. The molecule has 0 spiro atoms. The number of hydrogen-bond acceptors (Lipinski definition) is 9. The number of nitro groups is 1. The molecule has 1 fully saturated rings. The summed E-state index contributed by atoms with van der Waals surface area (Å²) in [6.07, 6.45) is 1.72. The lowest BCUT2D eigenvalue weighted by Crippen LogP contribution is -2.19. The van der Waals surface area contributed by atoms with Gasteiger partial charge in [-0.3, -0.25) is 14.9 Å². The number of amidine groups is 1. The van der Waals surface area contributed by atoms with E-state index in [-0.39, 0.29) is 18.2 Å². The molecule has 4 rings (SSSR count). The zero-order chi connectivity index (χ0) is 28.8. The molecular formula is C29H29N3O7S. The summed E-state index contributed by atoms with van der Waals surface area (Å²) < 4.78 is 22.6. The highest BCUT2D eigenvalue weighted by Gasteiger charge is 2.25. The zero-order valence-corrected chi connectivity index (χ0v) is 23.6. The van der Waals surface area contributed by atoms with Crippen LogP contribution in [0.5, 0.6) is 23.0 Å². The van der Waals surface area contributed by atoms with Crippen LogP contribution in [-0.2, 0) is 11.4 Å². The first-order valence-corrected chi connectivity index (χ1v) is 13.2. The summed E-state index contributed by atoms with van der Waals surface area (Å²) in [6, 6.07) is 14.0. The van der Waals surface area contributed by atoms with E-state index in [1.165, 1.54) is 6.07 Å². The molecule has 1 amide bonds. The summed E-state index contributed by atoms with van der Waals surface area (Å²) in [4.78, 5) is 28.5. The third kappa shape index (κ3) is 6.55. The van der Waals surface area contributed by atoms with Crippen LogP contribution in [0.15, 0.2) is 58.4 Å². The van der Waals surface area contributed by atoms with Crippen molar-refractivity contribution in [2.75, 3.05) is 20.8 Å². The number of ether oxygens (including phenoxy) is 4. The van der Waals surface area contributed by atoms with Crippen LogP contribution in [0.4, 0.5) is 11.4 Å². The van der Waals surface area contributed by atoms with Gasteiger partial charge in [-0.05, 0) is 86.1 Å². The fourth-order valence-electron chi connectivity index (χ4n) is 3.98. The van der Waals surface area contributed by atoms with E-state index in [1.54, 1.807) is 52.3 Å². The molecule has 0 unspecified atom stereocenters. The Morgan fingerprint density at radius 2 is 1.77 bits per heavy atom. The van der Waals surface area contributed by atoms with Crippen LogP contribution in [0.25, 0.3) is 6.08 Å². The highest BCUT2D eigenvalue weighted by Crippen LogP contribution is 2.35. The number of thioether (sulfide) groups is 1. The highest BCUT2D eigenvalue weighted by atomic mass is 32.2. The molecule has 3 aromatic rings. The predicted molar refractivity (Wildman–Crippen MR) is 155 cm³/mol. The van der Waals surface area contributed by atoms with Gasteiger partial charge in [-0.25, -0.2) is 4.99 Å². The van der Waals surface area contributed by atoms with E-state index in [4.69, 9.17) is 18.9 Å². The Balaban J connectivity index is 1.54. The second kappa shape index (κ2) is 12.6. The zero-order valence-electron chi connectivity index (χ0n) is 22.8. The minimum atomic E-state index is -0.436. The number of amides is 1.